The smallest absolute Gasteiger partial charge is 0.277 e. The number of aromatic nitrogens is 3. The van der Waals surface area contributed by atoms with Crippen LogP contribution >= 0.6 is 0 Å². The summed E-state index contributed by atoms with van der Waals surface area (Å²) in [5, 5.41) is 3.78. The van der Waals surface area contributed by atoms with Crippen molar-refractivity contribution in [3.63, 3.8) is 0 Å². The molecule has 0 atom stereocenters. The number of pyridine rings is 1. The molecule has 0 fully saturated rings. The summed E-state index contributed by atoms with van der Waals surface area (Å²) in [4.78, 5) is 3.35. The van der Waals surface area contributed by atoms with Crippen LogP contribution < -0.4 is 4.72 Å². The highest BCUT2D eigenvalue weighted by molar-refractivity contribution is 7.92. The van der Waals surface area contributed by atoms with Crippen molar-refractivity contribution >= 4 is 15.7 Å². The highest BCUT2D eigenvalue weighted by Crippen LogP contribution is 2.13. The molecule has 17 heavy (non-hydrogen) atoms. The molecule has 0 aliphatic heterocycles. The van der Waals surface area contributed by atoms with Gasteiger partial charge in [-0.05, 0) is 18.2 Å². The predicted molar refractivity (Wildman–Crippen MR) is 58.2 cm³/mol. The number of aryl methyl sites for hydroxylation is 1. The van der Waals surface area contributed by atoms with E-state index < -0.39 is 16.0 Å². The van der Waals surface area contributed by atoms with Gasteiger partial charge in [0.05, 0.1) is 18.1 Å². The van der Waals surface area contributed by atoms with Gasteiger partial charge in [0.15, 0.2) is 5.03 Å². The van der Waals surface area contributed by atoms with Crippen LogP contribution in [-0.4, -0.2) is 23.2 Å². The van der Waals surface area contributed by atoms with Gasteiger partial charge in [-0.3, -0.25) is 9.40 Å². The fraction of sp³-hybridized carbons (Fsp3) is 0.111. The first-order chi connectivity index (χ1) is 7.99. The number of anilines is 1. The molecule has 0 radical (unpaired) electrons. The highest BCUT2D eigenvalue weighted by Gasteiger charge is 2.17. The molecule has 0 aliphatic carbocycles. The van der Waals surface area contributed by atoms with Crippen LogP contribution in [0.25, 0.3) is 0 Å². The Bertz CT molecular complexity index is 621. The third kappa shape index (κ3) is 2.41. The van der Waals surface area contributed by atoms with E-state index in [2.05, 4.69) is 14.8 Å². The first-order valence-electron chi connectivity index (χ1n) is 4.61. The SMILES string of the molecule is Cn1nccc1S(=O)(=O)Nc1ccc(F)nc1. The Morgan fingerprint density at radius 3 is 2.65 bits per heavy atom. The lowest BCUT2D eigenvalue weighted by atomic mass is 10.4. The van der Waals surface area contributed by atoms with Gasteiger partial charge < -0.3 is 0 Å². The largest absolute Gasteiger partial charge is 0.279 e. The molecule has 1 N–H and O–H groups in total. The van der Waals surface area contributed by atoms with Crippen LogP contribution in [0.4, 0.5) is 10.1 Å². The van der Waals surface area contributed by atoms with Crippen LogP contribution in [0.1, 0.15) is 0 Å². The first-order valence-corrected chi connectivity index (χ1v) is 6.10. The normalized spacial score (nSPS) is 11.4. The van der Waals surface area contributed by atoms with E-state index in [-0.39, 0.29) is 10.7 Å². The molecule has 0 spiro atoms. The zero-order valence-corrected chi connectivity index (χ0v) is 9.65. The van der Waals surface area contributed by atoms with Gasteiger partial charge in [-0.1, -0.05) is 0 Å². The van der Waals surface area contributed by atoms with E-state index in [0.717, 1.165) is 12.3 Å². The molecular weight excluding hydrogens is 247 g/mol. The molecule has 0 aromatic carbocycles. The van der Waals surface area contributed by atoms with Gasteiger partial charge >= 0.3 is 0 Å². The molecule has 0 bridgehead atoms. The van der Waals surface area contributed by atoms with Crippen LogP contribution in [0.3, 0.4) is 0 Å². The Morgan fingerprint density at radius 2 is 2.12 bits per heavy atom. The average Bonchev–Trinajstić information content (AvgIpc) is 2.68. The van der Waals surface area contributed by atoms with Gasteiger partial charge in [0.25, 0.3) is 10.0 Å². The van der Waals surface area contributed by atoms with E-state index in [4.69, 9.17) is 0 Å². The van der Waals surface area contributed by atoms with Crippen molar-refractivity contribution < 1.29 is 12.8 Å². The van der Waals surface area contributed by atoms with Crippen molar-refractivity contribution in [2.24, 2.45) is 7.05 Å². The number of hydrogen-bond donors (Lipinski definition) is 1. The first kappa shape index (κ1) is 11.5. The third-order valence-corrected chi connectivity index (χ3v) is 3.49. The van der Waals surface area contributed by atoms with E-state index in [9.17, 15) is 12.8 Å². The summed E-state index contributed by atoms with van der Waals surface area (Å²) in [5.41, 5.74) is 0.188. The molecule has 0 saturated carbocycles. The van der Waals surface area contributed by atoms with Crippen molar-refractivity contribution in [1.82, 2.24) is 14.8 Å². The molecular formula is C9H9FN4O2S. The fourth-order valence-corrected chi connectivity index (χ4v) is 2.44. The summed E-state index contributed by atoms with van der Waals surface area (Å²) in [6.07, 6.45) is 2.47. The molecule has 2 aromatic heterocycles. The Balaban J connectivity index is 2.30. The summed E-state index contributed by atoms with van der Waals surface area (Å²) >= 11 is 0. The second-order valence-electron chi connectivity index (χ2n) is 3.27. The molecule has 8 heteroatoms. The molecule has 2 aromatic rings. The second kappa shape index (κ2) is 4.13. The quantitative estimate of drug-likeness (QED) is 0.822. The number of sulfonamides is 1. The van der Waals surface area contributed by atoms with Crippen LogP contribution in [-0.2, 0) is 17.1 Å². The van der Waals surface area contributed by atoms with E-state index in [1.807, 2.05) is 0 Å². The Kier molecular flexibility index (Phi) is 2.80. The Labute approximate surface area is 97.2 Å². The summed E-state index contributed by atoms with van der Waals surface area (Å²) < 4.78 is 39.8. The number of rotatable bonds is 3. The van der Waals surface area contributed by atoms with Crippen LogP contribution in [0.2, 0.25) is 0 Å². The number of nitrogens with one attached hydrogen (secondary N) is 1. The maximum Gasteiger partial charge on any atom is 0.279 e. The monoisotopic (exact) mass is 256 g/mol. The molecule has 0 unspecified atom stereocenters. The zero-order valence-electron chi connectivity index (χ0n) is 8.83. The summed E-state index contributed by atoms with van der Waals surface area (Å²) in [7, 11) is -2.21. The minimum absolute atomic E-state index is 0.0156. The lowest BCUT2D eigenvalue weighted by Crippen LogP contribution is -2.16. The molecule has 0 aliphatic rings. The third-order valence-electron chi connectivity index (χ3n) is 2.03. The van der Waals surface area contributed by atoms with E-state index >= 15 is 0 Å². The van der Waals surface area contributed by atoms with Crippen molar-refractivity contribution in [3.05, 3.63) is 36.5 Å². The summed E-state index contributed by atoms with van der Waals surface area (Å²) in [6.45, 7) is 0. The zero-order chi connectivity index (χ0) is 12.5. The van der Waals surface area contributed by atoms with E-state index in [0.29, 0.717) is 0 Å². The highest BCUT2D eigenvalue weighted by atomic mass is 32.2. The minimum atomic E-state index is -3.73. The van der Waals surface area contributed by atoms with Crippen molar-refractivity contribution in [2.45, 2.75) is 5.03 Å². The lowest BCUT2D eigenvalue weighted by Gasteiger charge is -2.07. The number of nitrogens with zero attached hydrogens (tertiary/aromatic N) is 3. The molecule has 2 heterocycles. The van der Waals surface area contributed by atoms with Crippen molar-refractivity contribution in [1.29, 1.82) is 0 Å². The molecule has 90 valence electrons. The van der Waals surface area contributed by atoms with Crippen LogP contribution in [0.15, 0.2) is 35.6 Å². The summed E-state index contributed by atoms with van der Waals surface area (Å²) in [6, 6.07) is 3.72. The molecule has 0 saturated heterocycles. The second-order valence-corrected chi connectivity index (χ2v) is 4.90. The minimum Gasteiger partial charge on any atom is -0.277 e. The predicted octanol–water partition coefficient (Wildman–Crippen LogP) is 0.755. The maximum absolute atomic E-state index is 12.6. The molecule has 6 nitrogen and oxygen atoms in total. The average molecular weight is 256 g/mol. The van der Waals surface area contributed by atoms with E-state index in [1.165, 1.54) is 30.1 Å². The topological polar surface area (TPSA) is 76.9 Å². The number of hydrogen-bond acceptors (Lipinski definition) is 4. The van der Waals surface area contributed by atoms with E-state index in [1.54, 1.807) is 0 Å². The van der Waals surface area contributed by atoms with Gasteiger partial charge in [-0.15, -0.1) is 0 Å². The molecule has 2 rings (SSSR count). The standard InChI is InChI=1S/C9H9FN4O2S/c1-14-9(4-5-12-14)17(15,16)13-7-2-3-8(10)11-6-7/h2-6,13H,1H3. The van der Waals surface area contributed by atoms with Gasteiger partial charge in [-0.25, -0.2) is 4.98 Å². The van der Waals surface area contributed by atoms with Crippen LogP contribution in [0, 0.1) is 5.95 Å². The van der Waals surface area contributed by atoms with Gasteiger partial charge in [0, 0.05) is 7.05 Å². The number of halogens is 1. The van der Waals surface area contributed by atoms with Crippen LogP contribution in [0.5, 0.6) is 0 Å². The van der Waals surface area contributed by atoms with Gasteiger partial charge in [0.2, 0.25) is 5.95 Å². The fourth-order valence-electron chi connectivity index (χ4n) is 1.27. The summed E-state index contributed by atoms with van der Waals surface area (Å²) in [5.74, 6) is -0.673. The van der Waals surface area contributed by atoms with Crippen molar-refractivity contribution in [3.8, 4) is 0 Å². The Morgan fingerprint density at radius 1 is 1.35 bits per heavy atom. The maximum atomic E-state index is 12.6. The van der Waals surface area contributed by atoms with Gasteiger partial charge in [-0.2, -0.15) is 17.9 Å². The van der Waals surface area contributed by atoms with Gasteiger partial charge in [0.1, 0.15) is 0 Å². The van der Waals surface area contributed by atoms with Crippen molar-refractivity contribution in [2.75, 3.05) is 4.72 Å². The molecule has 0 amide bonds. The lowest BCUT2D eigenvalue weighted by molar-refractivity contribution is 0.579. The Hall–Kier alpha value is -1.96.